The fourth-order valence-corrected chi connectivity index (χ4v) is 3.00. The maximum absolute atomic E-state index is 12.4. The fourth-order valence-electron chi connectivity index (χ4n) is 3.00. The van der Waals surface area contributed by atoms with E-state index in [0.29, 0.717) is 17.8 Å². The lowest BCUT2D eigenvalue weighted by Crippen LogP contribution is -2.27. The van der Waals surface area contributed by atoms with Crippen LogP contribution in [0, 0.1) is 13.8 Å². The molecule has 0 aliphatic carbocycles. The van der Waals surface area contributed by atoms with Crippen LogP contribution in [0.1, 0.15) is 33.5 Å². The van der Waals surface area contributed by atoms with Crippen LogP contribution < -0.4 is 5.32 Å². The molecule has 0 bridgehead atoms. The van der Waals surface area contributed by atoms with Gasteiger partial charge in [-0.05, 0) is 31.0 Å². The summed E-state index contributed by atoms with van der Waals surface area (Å²) in [4.78, 5) is 26.3. The van der Waals surface area contributed by atoms with Crippen molar-refractivity contribution in [3.8, 4) is 0 Å². The molecule has 2 amide bonds. The van der Waals surface area contributed by atoms with Gasteiger partial charge >= 0.3 is 0 Å². The summed E-state index contributed by atoms with van der Waals surface area (Å²) in [5.74, 6) is -0.195. The highest BCUT2D eigenvalue weighted by atomic mass is 16.2. The molecule has 3 rings (SSSR count). The Bertz CT molecular complexity index is 784. The standard InChI is InChI=1S/C20H20N2O2/c1-13-7-6-8-14(2)19(13)21-18(23)11-12-22-15(3)16-9-4-5-10-17(16)20(22)24/h4-10H,3,11-12H2,1-2H3,(H,21,23). The lowest BCUT2D eigenvalue weighted by atomic mass is 10.1. The summed E-state index contributed by atoms with van der Waals surface area (Å²) in [5, 5.41) is 2.95. The Hall–Kier alpha value is -2.88. The molecule has 0 fully saturated rings. The molecule has 4 nitrogen and oxygen atoms in total. The first-order chi connectivity index (χ1) is 11.5. The molecule has 1 aliphatic rings. The number of anilines is 1. The second-order valence-corrected chi connectivity index (χ2v) is 6.01. The number of carbonyl (C=O) groups excluding carboxylic acids is 2. The Balaban J connectivity index is 1.66. The van der Waals surface area contributed by atoms with Crippen molar-refractivity contribution in [2.24, 2.45) is 0 Å². The van der Waals surface area contributed by atoms with Crippen molar-refractivity contribution < 1.29 is 9.59 Å². The Morgan fingerprint density at radius 2 is 1.67 bits per heavy atom. The second kappa shape index (κ2) is 6.32. The predicted octanol–water partition coefficient (Wildman–Crippen LogP) is 3.76. The maximum atomic E-state index is 12.4. The van der Waals surface area contributed by atoms with E-state index in [2.05, 4.69) is 11.9 Å². The van der Waals surface area contributed by atoms with Crippen molar-refractivity contribution in [2.75, 3.05) is 11.9 Å². The zero-order valence-electron chi connectivity index (χ0n) is 13.9. The van der Waals surface area contributed by atoms with E-state index < -0.39 is 0 Å². The summed E-state index contributed by atoms with van der Waals surface area (Å²) in [6, 6.07) is 13.3. The molecule has 0 saturated carbocycles. The molecule has 1 aliphatic heterocycles. The minimum Gasteiger partial charge on any atom is -0.326 e. The van der Waals surface area contributed by atoms with Gasteiger partial charge in [0.25, 0.3) is 5.91 Å². The number of carbonyl (C=O) groups is 2. The van der Waals surface area contributed by atoms with E-state index in [9.17, 15) is 9.59 Å². The van der Waals surface area contributed by atoms with Crippen molar-refractivity contribution in [1.29, 1.82) is 0 Å². The van der Waals surface area contributed by atoms with Gasteiger partial charge in [-0.2, -0.15) is 0 Å². The Labute approximate surface area is 141 Å². The number of nitrogens with zero attached hydrogens (tertiary/aromatic N) is 1. The summed E-state index contributed by atoms with van der Waals surface area (Å²) in [7, 11) is 0. The summed E-state index contributed by atoms with van der Waals surface area (Å²) in [6.07, 6.45) is 0.229. The number of amides is 2. The molecule has 0 radical (unpaired) electrons. The van der Waals surface area contributed by atoms with Gasteiger partial charge in [-0.1, -0.05) is 43.0 Å². The average molecular weight is 320 g/mol. The third-order valence-electron chi connectivity index (χ3n) is 4.35. The number of hydrogen-bond acceptors (Lipinski definition) is 2. The highest BCUT2D eigenvalue weighted by Crippen LogP contribution is 2.31. The van der Waals surface area contributed by atoms with E-state index >= 15 is 0 Å². The number of nitrogens with one attached hydrogen (secondary N) is 1. The Kier molecular flexibility index (Phi) is 4.21. The number of fused-ring (bicyclic) bond motifs is 1. The summed E-state index contributed by atoms with van der Waals surface area (Å²) < 4.78 is 0. The third-order valence-corrected chi connectivity index (χ3v) is 4.35. The first-order valence-electron chi connectivity index (χ1n) is 7.95. The Morgan fingerprint density at radius 3 is 2.29 bits per heavy atom. The first kappa shape index (κ1) is 16.0. The molecule has 0 saturated heterocycles. The van der Waals surface area contributed by atoms with Crippen molar-refractivity contribution in [3.63, 3.8) is 0 Å². The maximum Gasteiger partial charge on any atom is 0.258 e. The van der Waals surface area contributed by atoms with Gasteiger partial charge in [0, 0.05) is 35.5 Å². The molecule has 24 heavy (non-hydrogen) atoms. The number of rotatable bonds is 4. The van der Waals surface area contributed by atoms with Crippen molar-refractivity contribution in [1.82, 2.24) is 4.90 Å². The van der Waals surface area contributed by atoms with Crippen molar-refractivity contribution in [2.45, 2.75) is 20.3 Å². The summed E-state index contributed by atoms with van der Waals surface area (Å²) in [5.41, 5.74) is 5.05. The van der Waals surface area contributed by atoms with Gasteiger partial charge in [-0.25, -0.2) is 0 Å². The van der Waals surface area contributed by atoms with E-state index in [1.807, 2.05) is 50.2 Å². The fraction of sp³-hybridized carbons (Fsp3) is 0.200. The average Bonchev–Trinajstić information content (AvgIpc) is 2.81. The van der Waals surface area contributed by atoms with Gasteiger partial charge in [0.15, 0.2) is 0 Å². The predicted molar refractivity (Wildman–Crippen MR) is 95.7 cm³/mol. The lowest BCUT2D eigenvalue weighted by molar-refractivity contribution is -0.116. The van der Waals surface area contributed by atoms with Crippen LogP contribution >= 0.6 is 0 Å². The topological polar surface area (TPSA) is 49.4 Å². The van der Waals surface area contributed by atoms with E-state index in [0.717, 1.165) is 22.4 Å². The number of hydrogen-bond donors (Lipinski definition) is 1. The zero-order valence-corrected chi connectivity index (χ0v) is 13.9. The molecule has 0 atom stereocenters. The number of aryl methyl sites for hydroxylation is 2. The van der Waals surface area contributed by atoms with E-state index in [4.69, 9.17) is 0 Å². The number of para-hydroxylation sites is 1. The monoisotopic (exact) mass is 320 g/mol. The van der Waals surface area contributed by atoms with Crippen molar-refractivity contribution >= 4 is 23.2 Å². The highest BCUT2D eigenvalue weighted by Gasteiger charge is 2.30. The van der Waals surface area contributed by atoms with Crippen LogP contribution in [0.5, 0.6) is 0 Å². The minimum absolute atomic E-state index is 0.0875. The van der Waals surface area contributed by atoms with Crippen LogP contribution in [0.2, 0.25) is 0 Å². The van der Waals surface area contributed by atoms with Gasteiger partial charge in [0.1, 0.15) is 0 Å². The van der Waals surface area contributed by atoms with E-state index in [1.165, 1.54) is 0 Å². The van der Waals surface area contributed by atoms with Gasteiger partial charge in [-0.15, -0.1) is 0 Å². The molecule has 122 valence electrons. The molecule has 1 heterocycles. The Morgan fingerprint density at radius 1 is 1.04 bits per heavy atom. The molecule has 0 spiro atoms. The lowest BCUT2D eigenvalue weighted by Gasteiger charge is -2.17. The van der Waals surface area contributed by atoms with Crippen LogP contribution in [0.4, 0.5) is 5.69 Å². The second-order valence-electron chi connectivity index (χ2n) is 6.01. The van der Waals surface area contributed by atoms with Gasteiger partial charge in [0.05, 0.1) is 0 Å². The van der Waals surface area contributed by atoms with Crippen LogP contribution in [0.3, 0.4) is 0 Å². The van der Waals surface area contributed by atoms with Gasteiger partial charge < -0.3 is 10.2 Å². The third kappa shape index (κ3) is 2.83. The molecule has 1 N–H and O–H groups in total. The molecule has 0 unspecified atom stereocenters. The first-order valence-corrected chi connectivity index (χ1v) is 7.95. The number of benzene rings is 2. The van der Waals surface area contributed by atoms with Crippen LogP contribution in [-0.4, -0.2) is 23.3 Å². The molecule has 0 aromatic heterocycles. The molecule has 2 aromatic carbocycles. The van der Waals surface area contributed by atoms with Crippen LogP contribution in [-0.2, 0) is 4.79 Å². The molecule has 4 heteroatoms. The van der Waals surface area contributed by atoms with Gasteiger partial charge in [-0.3, -0.25) is 9.59 Å². The van der Waals surface area contributed by atoms with Crippen LogP contribution in [0.25, 0.3) is 5.70 Å². The van der Waals surface area contributed by atoms with Crippen LogP contribution in [0.15, 0.2) is 49.0 Å². The summed E-state index contributed by atoms with van der Waals surface area (Å²) >= 11 is 0. The summed E-state index contributed by atoms with van der Waals surface area (Å²) in [6.45, 7) is 8.24. The van der Waals surface area contributed by atoms with E-state index in [-0.39, 0.29) is 18.2 Å². The van der Waals surface area contributed by atoms with Gasteiger partial charge in [0.2, 0.25) is 5.91 Å². The molecule has 2 aromatic rings. The minimum atomic E-state index is -0.107. The quantitative estimate of drug-likeness (QED) is 0.932. The largest absolute Gasteiger partial charge is 0.326 e. The zero-order chi connectivity index (χ0) is 17.3. The van der Waals surface area contributed by atoms with Crippen molar-refractivity contribution in [3.05, 3.63) is 71.3 Å². The SMILES string of the molecule is C=C1c2ccccc2C(=O)N1CCC(=O)Nc1c(C)cccc1C. The molecular weight excluding hydrogens is 300 g/mol. The highest BCUT2D eigenvalue weighted by molar-refractivity contribution is 6.09. The smallest absolute Gasteiger partial charge is 0.258 e. The molecular formula is C20H20N2O2. The van der Waals surface area contributed by atoms with E-state index in [1.54, 1.807) is 11.0 Å². The normalized spacial score (nSPS) is 13.2.